The lowest BCUT2D eigenvalue weighted by molar-refractivity contribution is 0.418. The molecule has 19 heavy (non-hydrogen) atoms. The second-order valence-corrected chi connectivity index (χ2v) is 5.44. The second-order valence-electron chi connectivity index (χ2n) is 5.44. The third-order valence-corrected chi connectivity index (χ3v) is 3.99. The molecule has 1 fully saturated rings. The highest BCUT2D eigenvalue weighted by molar-refractivity contribution is 5.56. The molecule has 0 atom stereocenters. The minimum Gasteiger partial charge on any atom is -0.384 e. The highest BCUT2D eigenvalue weighted by Crippen LogP contribution is 2.28. The number of hydrogen-bond acceptors (Lipinski definition) is 3. The molecule has 1 aliphatic carbocycles. The summed E-state index contributed by atoms with van der Waals surface area (Å²) in [6.45, 7) is 6.52. The number of nitrogens with zero attached hydrogens (tertiary/aromatic N) is 2. The maximum atomic E-state index is 4.40. The third-order valence-electron chi connectivity index (χ3n) is 3.99. The van der Waals surface area contributed by atoms with Gasteiger partial charge in [-0.3, -0.25) is 4.98 Å². The van der Waals surface area contributed by atoms with Crippen LogP contribution in [0.5, 0.6) is 0 Å². The molecule has 1 aromatic rings. The summed E-state index contributed by atoms with van der Waals surface area (Å²) in [5.41, 5.74) is 2.42. The zero-order chi connectivity index (χ0) is 13.5. The van der Waals surface area contributed by atoms with Crippen molar-refractivity contribution in [3.63, 3.8) is 0 Å². The SMILES string of the molecule is CCCNc1cncc(N(CC)C2CCCCC2)c1. The summed E-state index contributed by atoms with van der Waals surface area (Å²) in [6.07, 6.45) is 11.9. The van der Waals surface area contributed by atoms with E-state index < -0.39 is 0 Å². The maximum absolute atomic E-state index is 4.40. The van der Waals surface area contributed by atoms with E-state index in [0.29, 0.717) is 6.04 Å². The van der Waals surface area contributed by atoms with Crippen molar-refractivity contribution in [3.8, 4) is 0 Å². The predicted octanol–water partition coefficient (Wildman–Crippen LogP) is 4.06. The van der Waals surface area contributed by atoms with Crippen LogP contribution in [-0.4, -0.2) is 24.1 Å². The van der Waals surface area contributed by atoms with Gasteiger partial charge in [-0.1, -0.05) is 26.2 Å². The normalized spacial score (nSPS) is 16.3. The Morgan fingerprint density at radius 3 is 2.68 bits per heavy atom. The zero-order valence-corrected chi connectivity index (χ0v) is 12.4. The van der Waals surface area contributed by atoms with Crippen molar-refractivity contribution < 1.29 is 0 Å². The lowest BCUT2D eigenvalue weighted by atomic mass is 9.94. The third kappa shape index (κ3) is 3.85. The van der Waals surface area contributed by atoms with Gasteiger partial charge < -0.3 is 10.2 Å². The number of hydrogen-bond donors (Lipinski definition) is 1. The maximum Gasteiger partial charge on any atom is 0.0575 e. The van der Waals surface area contributed by atoms with Crippen molar-refractivity contribution in [1.29, 1.82) is 0 Å². The van der Waals surface area contributed by atoms with E-state index in [-0.39, 0.29) is 0 Å². The van der Waals surface area contributed by atoms with E-state index in [4.69, 9.17) is 0 Å². The summed E-state index contributed by atoms with van der Waals surface area (Å²) >= 11 is 0. The molecule has 1 saturated carbocycles. The minimum absolute atomic E-state index is 0.710. The van der Waals surface area contributed by atoms with Crippen molar-refractivity contribution in [2.75, 3.05) is 23.3 Å². The molecule has 1 N–H and O–H groups in total. The highest BCUT2D eigenvalue weighted by atomic mass is 15.2. The first-order valence-electron chi connectivity index (χ1n) is 7.80. The molecule has 1 heterocycles. The van der Waals surface area contributed by atoms with Crippen LogP contribution in [-0.2, 0) is 0 Å². The van der Waals surface area contributed by atoms with Gasteiger partial charge >= 0.3 is 0 Å². The zero-order valence-electron chi connectivity index (χ0n) is 12.4. The Morgan fingerprint density at radius 2 is 2.00 bits per heavy atom. The first-order chi connectivity index (χ1) is 9.35. The highest BCUT2D eigenvalue weighted by Gasteiger charge is 2.20. The molecular formula is C16H27N3. The molecule has 0 saturated heterocycles. The molecule has 0 aromatic carbocycles. The van der Waals surface area contributed by atoms with Crippen molar-refractivity contribution >= 4 is 11.4 Å². The van der Waals surface area contributed by atoms with Crippen LogP contribution in [0.15, 0.2) is 18.5 Å². The lowest BCUT2D eigenvalue weighted by Crippen LogP contribution is -2.36. The van der Waals surface area contributed by atoms with Crippen molar-refractivity contribution in [2.45, 2.75) is 58.4 Å². The Balaban J connectivity index is 2.08. The largest absolute Gasteiger partial charge is 0.384 e. The van der Waals surface area contributed by atoms with Gasteiger partial charge in [0.2, 0.25) is 0 Å². The fourth-order valence-electron chi connectivity index (χ4n) is 3.00. The fourth-order valence-corrected chi connectivity index (χ4v) is 3.00. The van der Waals surface area contributed by atoms with E-state index in [0.717, 1.165) is 25.2 Å². The fraction of sp³-hybridized carbons (Fsp3) is 0.688. The van der Waals surface area contributed by atoms with E-state index in [9.17, 15) is 0 Å². The smallest absolute Gasteiger partial charge is 0.0575 e. The Morgan fingerprint density at radius 1 is 1.21 bits per heavy atom. The second kappa shape index (κ2) is 7.37. The van der Waals surface area contributed by atoms with Crippen LogP contribution in [0.2, 0.25) is 0 Å². The Labute approximate surface area is 117 Å². The van der Waals surface area contributed by atoms with Gasteiger partial charge in [0.15, 0.2) is 0 Å². The van der Waals surface area contributed by atoms with Crippen LogP contribution >= 0.6 is 0 Å². The van der Waals surface area contributed by atoms with Crippen LogP contribution in [0, 0.1) is 0 Å². The Kier molecular flexibility index (Phi) is 5.49. The number of rotatable bonds is 6. The molecule has 0 amide bonds. The van der Waals surface area contributed by atoms with Gasteiger partial charge in [0, 0.05) is 19.1 Å². The molecule has 1 aromatic heterocycles. The summed E-state index contributed by atoms with van der Waals surface area (Å²) in [5, 5.41) is 3.43. The van der Waals surface area contributed by atoms with Crippen molar-refractivity contribution in [2.24, 2.45) is 0 Å². The number of nitrogens with one attached hydrogen (secondary N) is 1. The molecular weight excluding hydrogens is 234 g/mol. The molecule has 3 nitrogen and oxygen atoms in total. The van der Waals surface area contributed by atoms with E-state index in [1.165, 1.54) is 37.8 Å². The lowest BCUT2D eigenvalue weighted by Gasteiger charge is -2.35. The van der Waals surface area contributed by atoms with Crippen LogP contribution < -0.4 is 10.2 Å². The van der Waals surface area contributed by atoms with Crippen LogP contribution in [0.4, 0.5) is 11.4 Å². The van der Waals surface area contributed by atoms with Crippen LogP contribution in [0.1, 0.15) is 52.4 Å². The average Bonchev–Trinajstić information content (AvgIpc) is 2.47. The Bertz CT molecular complexity index is 372. The molecule has 0 aliphatic heterocycles. The van der Waals surface area contributed by atoms with Crippen LogP contribution in [0.3, 0.4) is 0 Å². The average molecular weight is 261 g/mol. The minimum atomic E-state index is 0.710. The van der Waals surface area contributed by atoms with Gasteiger partial charge in [-0.25, -0.2) is 0 Å². The molecule has 0 radical (unpaired) electrons. The number of pyridine rings is 1. The quantitative estimate of drug-likeness (QED) is 0.837. The number of anilines is 2. The van der Waals surface area contributed by atoms with Gasteiger partial charge in [0.05, 0.1) is 23.8 Å². The van der Waals surface area contributed by atoms with E-state index in [1.807, 2.05) is 12.4 Å². The molecule has 0 bridgehead atoms. The van der Waals surface area contributed by atoms with Gasteiger partial charge in [0.1, 0.15) is 0 Å². The summed E-state index contributed by atoms with van der Waals surface area (Å²) in [7, 11) is 0. The summed E-state index contributed by atoms with van der Waals surface area (Å²) in [5.74, 6) is 0. The first kappa shape index (κ1) is 14.2. The van der Waals surface area contributed by atoms with Crippen molar-refractivity contribution in [3.05, 3.63) is 18.5 Å². The topological polar surface area (TPSA) is 28.2 Å². The monoisotopic (exact) mass is 261 g/mol. The van der Waals surface area contributed by atoms with E-state index in [2.05, 4.69) is 35.1 Å². The Hall–Kier alpha value is -1.25. The van der Waals surface area contributed by atoms with Gasteiger partial charge in [-0.15, -0.1) is 0 Å². The van der Waals surface area contributed by atoms with E-state index >= 15 is 0 Å². The van der Waals surface area contributed by atoms with Gasteiger partial charge in [0.25, 0.3) is 0 Å². The standard InChI is InChI=1S/C16H27N3/c1-3-10-18-14-11-16(13-17-12-14)19(4-2)15-8-6-5-7-9-15/h11-13,15,18H,3-10H2,1-2H3. The molecule has 3 heteroatoms. The number of aromatic nitrogens is 1. The molecule has 0 unspecified atom stereocenters. The molecule has 2 rings (SSSR count). The van der Waals surface area contributed by atoms with E-state index in [1.54, 1.807) is 0 Å². The molecule has 106 valence electrons. The molecule has 0 spiro atoms. The van der Waals surface area contributed by atoms with Crippen molar-refractivity contribution in [1.82, 2.24) is 4.98 Å². The summed E-state index contributed by atoms with van der Waals surface area (Å²) in [4.78, 5) is 6.93. The summed E-state index contributed by atoms with van der Waals surface area (Å²) < 4.78 is 0. The molecule has 1 aliphatic rings. The van der Waals surface area contributed by atoms with Gasteiger partial charge in [-0.2, -0.15) is 0 Å². The summed E-state index contributed by atoms with van der Waals surface area (Å²) in [6, 6.07) is 2.96. The first-order valence-corrected chi connectivity index (χ1v) is 7.80. The van der Waals surface area contributed by atoms with Gasteiger partial charge in [-0.05, 0) is 32.3 Å². The predicted molar refractivity (Wildman–Crippen MR) is 82.9 cm³/mol. The van der Waals surface area contributed by atoms with Crippen LogP contribution in [0.25, 0.3) is 0 Å².